The molecule has 1 aromatic heterocycles. The summed E-state index contributed by atoms with van der Waals surface area (Å²) in [5, 5.41) is 15.1. The lowest BCUT2D eigenvalue weighted by Crippen LogP contribution is -2.26. The molecule has 0 aliphatic rings. The van der Waals surface area contributed by atoms with Crippen LogP contribution in [0.1, 0.15) is 78.1 Å². The molecule has 0 fully saturated rings. The molecule has 0 bridgehead atoms. The van der Waals surface area contributed by atoms with Gasteiger partial charge in [0.1, 0.15) is 5.69 Å². The van der Waals surface area contributed by atoms with Crippen LogP contribution >= 0.6 is 0 Å². The van der Waals surface area contributed by atoms with E-state index in [1.165, 1.54) is 0 Å². The van der Waals surface area contributed by atoms with Crippen molar-refractivity contribution in [1.82, 2.24) is 9.78 Å². The predicted molar refractivity (Wildman–Crippen MR) is 76.2 cm³/mol. The van der Waals surface area contributed by atoms with E-state index in [4.69, 9.17) is 0 Å². The Morgan fingerprint density at radius 2 is 1.89 bits per heavy atom. The van der Waals surface area contributed by atoms with Gasteiger partial charge in [-0.15, -0.1) is 0 Å². The van der Waals surface area contributed by atoms with Crippen LogP contribution in [-0.4, -0.2) is 14.9 Å². The predicted octanol–water partition coefficient (Wildman–Crippen LogP) is 4.20. The smallest absolute Gasteiger partial charge is 0.160 e. The second-order valence-corrected chi connectivity index (χ2v) is 6.18. The van der Waals surface area contributed by atoms with Crippen molar-refractivity contribution in [2.24, 2.45) is 0 Å². The molecule has 18 heavy (non-hydrogen) atoms. The average molecular weight is 252 g/mol. The topological polar surface area (TPSA) is 38.0 Å². The lowest BCUT2D eigenvalue weighted by Gasteiger charge is -2.24. The van der Waals surface area contributed by atoms with Crippen molar-refractivity contribution < 1.29 is 5.11 Å². The summed E-state index contributed by atoms with van der Waals surface area (Å²) in [6, 6.07) is 0. The van der Waals surface area contributed by atoms with Crippen LogP contribution in [-0.2, 0) is 12.0 Å². The second-order valence-electron chi connectivity index (χ2n) is 6.18. The van der Waals surface area contributed by atoms with Gasteiger partial charge >= 0.3 is 0 Å². The number of aromatic hydroxyl groups is 1. The van der Waals surface area contributed by atoms with Crippen molar-refractivity contribution in [3.8, 4) is 5.75 Å². The molecule has 0 saturated heterocycles. The van der Waals surface area contributed by atoms with Gasteiger partial charge < -0.3 is 5.11 Å². The summed E-state index contributed by atoms with van der Waals surface area (Å²) in [5.41, 5.74) is 1.78. The van der Waals surface area contributed by atoms with Gasteiger partial charge in [0.05, 0.1) is 11.2 Å². The van der Waals surface area contributed by atoms with Crippen LogP contribution in [0.5, 0.6) is 5.75 Å². The third-order valence-corrected chi connectivity index (χ3v) is 3.45. The molecule has 1 atom stereocenters. The van der Waals surface area contributed by atoms with E-state index >= 15 is 0 Å². The molecule has 3 heteroatoms. The summed E-state index contributed by atoms with van der Waals surface area (Å²) in [4.78, 5) is 0. The van der Waals surface area contributed by atoms with E-state index in [1.54, 1.807) is 0 Å². The third-order valence-electron chi connectivity index (χ3n) is 3.45. The SMILES string of the molecule is CCCCc1nn(C(C)(C)C)c(C(C)CC)c1O. The maximum atomic E-state index is 10.4. The van der Waals surface area contributed by atoms with Crippen molar-refractivity contribution in [2.75, 3.05) is 0 Å². The van der Waals surface area contributed by atoms with Gasteiger partial charge in [-0.2, -0.15) is 5.10 Å². The largest absolute Gasteiger partial charge is 0.504 e. The fraction of sp³-hybridized carbons (Fsp3) is 0.800. The molecular weight excluding hydrogens is 224 g/mol. The van der Waals surface area contributed by atoms with Gasteiger partial charge in [-0.25, -0.2) is 0 Å². The van der Waals surface area contributed by atoms with Gasteiger partial charge in [0.15, 0.2) is 5.75 Å². The highest BCUT2D eigenvalue weighted by Gasteiger charge is 2.26. The van der Waals surface area contributed by atoms with E-state index in [1.807, 2.05) is 4.68 Å². The van der Waals surface area contributed by atoms with Gasteiger partial charge in [0, 0.05) is 5.92 Å². The summed E-state index contributed by atoms with van der Waals surface area (Å²) in [7, 11) is 0. The third kappa shape index (κ3) is 3.06. The zero-order chi connectivity index (χ0) is 13.9. The fourth-order valence-electron chi connectivity index (χ4n) is 2.13. The Balaban J connectivity index is 3.23. The molecule has 0 amide bonds. The summed E-state index contributed by atoms with van der Waals surface area (Å²) in [6.45, 7) is 12.9. The van der Waals surface area contributed by atoms with Crippen LogP contribution in [0.2, 0.25) is 0 Å². The number of aryl methyl sites for hydroxylation is 1. The fourth-order valence-corrected chi connectivity index (χ4v) is 2.13. The molecule has 1 N–H and O–H groups in total. The molecule has 0 saturated carbocycles. The van der Waals surface area contributed by atoms with E-state index in [0.717, 1.165) is 37.1 Å². The van der Waals surface area contributed by atoms with Gasteiger partial charge in [-0.1, -0.05) is 27.2 Å². The van der Waals surface area contributed by atoms with Gasteiger partial charge in [0.25, 0.3) is 0 Å². The summed E-state index contributed by atoms with van der Waals surface area (Å²) >= 11 is 0. The minimum atomic E-state index is -0.0826. The molecule has 104 valence electrons. The molecule has 3 nitrogen and oxygen atoms in total. The quantitative estimate of drug-likeness (QED) is 0.853. The van der Waals surface area contributed by atoms with Crippen LogP contribution in [0.15, 0.2) is 0 Å². The molecule has 1 unspecified atom stereocenters. The normalized spacial score (nSPS) is 13.9. The molecule has 0 aliphatic heterocycles. The van der Waals surface area contributed by atoms with Crippen LogP contribution in [0, 0.1) is 0 Å². The Kier molecular flexibility index (Phi) is 4.83. The van der Waals surface area contributed by atoms with Gasteiger partial charge in [0.2, 0.25) is 0 Å². The first-order valence-corrected chi connectivity index (χ1v) is 7.14. The van der Waals surface area contributed by atoms with E-state index in [-0.39, 0.29) is 5.54 Å². The lowest BCUT2D eigenvalue weighted by atomic mass is 10.0. The van der Waals surface area contributed by atoms with Crippen molar-refractivity contribution in [3.05, 3.63) is 11.4 Å². The number of aromatic nitrogens is 2. The Morgan fingerprint density at radius 3 is 2.33 bits per heavy atom. The number of hydrogen-bond donors (Lipinski definition) is 1. The second kappa shape index (κ2) is 5.77. The van der Waals surface area contributed by atoms with E-state index < -0.39 is 0 Å². The highest BCUT2D eigenvalue weighted by Crippen LogP contribution is 2.35. The summed E-state index contributed by atoms with van der Waals surface area (Å²) in [6.07, 6.45) is 4.09. The number of unbranched alkanes of at least 4 members (excludes halogenated alkanes) is 1. The Hall–Kier alpha value is -0.990. The van der Waals surface area contributed by atoms with Crippen LogP contribution in [0.3, 0.4) is 0 Å². The van der Waals surface area contributed by atoms with Gasteiger partial charge in [-0.05, 0) is 40.0 Å². The van der Waals surface area contributed by atoms with Crippen LogP contribution in [0.4, 0.5) is 0 Å². The highest BCUT2D eigenvalue weighted by molar-refractivity contribution is 5.35. The minimum absolute atomic E-state index is 0.0826. The molecule has 0 spiro atoms. The maximum Gasteiger partial charge on any atom is 0.160 e. The maximum absolute atomic E-state index is 10.4. The van der Waals surface area contributed by atoms with E-state index in [0.29, 0.717) is 11.7 Å². The zero-order valence-corrected chi connectivity index (χ0v) is 12.7. The number of hydrogen-bond acceptors (Lipinski definition) is 2. The monoisotopic (exact) mass is 252 g/mol. The number of rotatable bonds is 5. The van der Waals surface area contributed by atoms with Crippen LogP contribution in [0.25, 0.3) is 0 Å². The van der Waals surface area contributed by atoms with Crippen molar-refractivity contribution >= 4 is 0 Å². The van der Waals surface area contributed by atoms with Crippen molar-refractivity contribution in [2.45, 2.75) is 78.7 Å². The molecule has 0 aromatic carbocycles. The average Bonchev–Trinajstić information content (AvgIpc) is 2.63. The Bertz CT molecular complexity index is 388. The number of nitrogens with zero attached hydrogens (tertiary/aromatic N) is 2. The summed E-state index contributed by atoms with van der Waals surface area (Å²) in [5.74, 6) is 0.764. The molecule has 1 aromatic rings. The van der Waals surface area contributed by atoms with E-state index in [9.17, 15) is 5.11 Å². The summed E-state index contributed by atoms with van der Waals surface area (Å²) < 4.78 is 2.02. The Labute approximate surface area is 111 Å². The molecular formula is C15H28N2O. The van der Waals surface area contributed by atoms with Crippen LogP contribution < -0.4 is 0 Å². The highest BCUT2D eigenvalue weighted by atomic mass is 16.3. The van der Waals surface area contributed by atoms with Gasteiger partial charge in [-0.3, -0.25) is 4.68 Å². The lowest BCUT2D eigenvalue weighted by molar-refractivity contribution is 0.330. The van der Waals surface area contributed by atoms with Crippen molar-refractivity contribution in [3.63, 3.8) is 0 Å². The first-order chi connectivity index (χ1) is 8.32. The molecule has 1 heterocycles. The minimum Gasteiger partial charge on any atom is -0.504 e. The molecule has 1 rings (SSSR count). The standard InChI is InChI=1S/C15H28N2O/c1-7-9-10-12-14(18)13(11(3)8-2)17(16-12)15(4,5)6/h11,18H,7-10H2,1-6H3. The van der Waals surface area contributed by atoms with E-state index in [2.05, 4.69) is 46.6 Å². The first-order valence-electron chi connectivity index (χ1n) is 7.14. The first kappa shape index (κ1) is 15.1. The molecule has 0 radical (unpaired) electrons. The Morgan fingerprint density at radius 1 is 1.28 bits per heavy atom. The zero-order valence-electron chi connectivity index (χ0n) is 12.7. The molecule has 0 aliphatic carbocycles. The van der Waals surface area contributed by atoms with Crippen molar-refractivity contribution in [1.29, 1.82) is 0 Å².